The first-order valence-electron chi connectivity index (χ1n) is 6.31. The average Bonchev–Trinajstić information content (AvgIpc) is 2.78. The minimum Gasteiger partial charge on any atom is -0.466 e. The number of aromatic amines is 1. The number of carbonyl (C=O) groups excluding carboxylic acids is 1. The Labute approximate surface area is 112 Å². The zero-order valence-electron chi connectivity index (χ0n) is 11.1. The van der Waals surface area contributed by atoms with Crippen molar-refractivity contribution in [2.45, 2.75) is 13.8 Å². The van der Waals surface area contributed by atoms with Crippen LogP contribution in [0.1, 0.15) is 13.8 Å². The van der Waals surface area contributed by atoms with Gasteiger partial charge in [-0.3, -0.25) is 4.79 Å². The summed E-state index contributed by atoms with van der Waals surface area (Å²) in [6, 6.07) is 16.8. The number of carbonyl (C=O) groups is 1. The van der Waals surface area contributed by atoms with Crippen molar-refractivity contribution in [3.63, 3.8) is 0 Å². The Morgan fingerprint density at radius 3 is 1.84 bits per heavy atom. The minimum absolute atomic E-state index is 0.211. The van der Waals surface area contributed by atoms with Crippen LogP contribution in [0, 0.1) is 0 Å². The molecule has 1 N–H and O–H groups in total. The molecule has 3 rings (SSSR count). The first-order valence-corrected chi connectivity index (χ1v) is 6.31. The topological polar surface area (TPSA) is 42.1 Å². The molecule has 0 spiro atoms. The van der Waals surface area contributed by atoms with Gasteiger partial charge in [0.25, 0.3) is 0 Å². The number of hydrogen-bond acceptors (Lipinski definition) is 2. The van der Waals surface area contributed by atoms with E-state index in [9.17, 15) is 4.79 Å². The molecule has 2 aromatic carbocycles. The second-order valence-electron chi connectivity index (χ2n) is 4.14. The smallest absolute Gasteiger partial charge is 0.302 e. The number of fused-ring (bicyclic) bond motifs is 3. The molecule has 19 heavy (non-hydrogen) atoms. The number of nitrogens with one attached hydrogen (secondary N) is 1. The van der Waals surface area contributed by atoms with E-state index < -0.39 is 0 Å². The Morgan fingerprint density at radius 2 is 1.47 bits per heavy atom. The van der Waals surface area contributed by atoms with Gasteiger partial charge in [-0.25, -0.2) is 0 Å². The molecule has 3 heteroatoms. The van der Waals surface area contributed by atoms with Crippen LogP contribution in [0.15, 0.2) is 48.5 Å². The summed E-state index contributed by atoms with van der Waals surface area (Å²) in [5, 5.41) is 2.61. The van der Waals surface area contributed by atoms with Crippen LogP contribution in [-0.2, 0) is 9.53 Å². The summed E-state index contributed by atoms with van der Waals surface area (Å²) in [5.74, 6) is -0.211. The van der Waals surface area contributed by atoms with Crippen LogP contribution in [0.5, 0.6) is 0 Å². The lowest BCUT2D eigenvalue weighted by Crippen LogP contribution is -1.95. The third-order valence-corrected chi connectivity index (χ3v) is 2.76. The predicted molar refractivity (Wildman–Crippen MR) is 78.1 cm³/mol. The van der Waals surface area contributed by atoms with Gasteiger partial charge in [0.05, 0.1) is 6.61 Å². The largest absolute Gasteiger partial charge is 0.466 e. The highest BCUT2D eigenvalue weighted by Gasteiger charge is 2.00. The molecule has 98 valence electrons. The molecule has 0 radical (unpaired) electrons. The molecule has 0 amide bonds. The molecule has 3 aromatic rings. The van der Waals surface area contributed by atoms with Crippen molar-refractivity contribution in [2.24, 2.45) is 0 Å². The van der Waals surface area contributed by atoms with Gasteiger partial charge in [0.2, 0.25) is 0 Å². The van der Waals surface area contributed by atoms with E-state index in [-0.39, 0.29) is 5.97 Å². The summed E-state index contributed by atoms with van der Waals surface area (Å²) >= 11 is 0. The fourth-order valence-corrected chi connectivity index (χ4v) is 2.00. The lowest BCUT2D eigenvalue weighted by atomic mass is 10.2. The zero-order valence-corrected chi connectivity index (χ0v) is 11.1. The molecule has 0 aliphatic carbocycles. The summed E-state index contributed by atoms with van der Waals surface area (Å²) in [5.41, 5.74) is 2.42. The first-order chi connectivity index (χ1) is 9.22. The molecule has 0 unspecified atom stereocenters. The van der Waals surface area contributed by atoms with Crippen molar-refractivity contribution in [1.29, 1.82) is 0 Å². The highest BCUT2D eigenvalue weighted by molar-refractivity contribution is 6.06. The molecule has 3 nitrogen and oxygen atoms in total. The Bertz CT molecular complexity index is 635. The van der Waals surface area contributed by atoms with E-state index in [1.54, 1.807) is 6.92 Å². The van der Waals surface area contributed by atoms with Crippen molar-refractivity contribution in [3.8, 4) is 0 Å². The monoisotopic (exact) mass is 255 g/mol. The summed E-state index contributed by atoms with van der Waals surface area (Å²) in [4.78, 5) is 13.2. The zero-order chi connectivity index (χ0) is 13.7. The molecule has 0 fully saturated rings. The fourth-order valence-electron chi connectivity index (χ4n) is 2.00. The van der Waals surface area contributed by atoms with E-state index in [2.05, 4.69) is 58.3 Å². The summed E-state index contributed by atoms with van der Waals surface area (Å²) < 4.78 is 4.40. The van der Waals surface area contributed by atoms with Crippen molar-refractivity contribution >= 4 is 27.8 Å². The first kappa shape index (κ1) is 13.1. The molecule has 0 bridgehead atoms. The van der Waals surface area contributed by atoms with Crippen LogP contribution >= 0.6 is 0 Å². The van der Waals surface area contributed by atoms with Gasteiger partial charge in [-0.1, -0.05) is 36.4 Å². The molecular weight excluding hydrogens is 238 g/mol. The van der Waals surface area contributed by atoms with Gasteiger partial charge >= 0.3 is 5.97 Å². The number of hydrogen-bond donors (Lipinski definition) is 1. The van der Waals surface area contributed by atoms with E-state index in [0.29, 0.717) is 6.61 Å². The van der Waals surface area contributed by atoms with Crippen molar-refractivity contribution in [1.82, 2.24) is 4.98 Å². The fraction of sp³-hybridized carbons (Fsp3) is 0.188. The number of ether oxygens (including phenoxy) is 1. The van der Waals surface area contributed by atoms with E-state index in [1.165, 1.54) is 28.7 Å². The summed E-state index contributed by atoms with van der Waals surface area (Å²) in [6.45, 7) is 3.65. The highest BCUT2D eigenvalue weighted by atomic mass is 16.5. The maximum atomic E-state index is 9.82. The van der Waals surface area contributed by atoms with Gasteiger partial charge in [-0.05, 0) is 19.1 Å². The molecule has 0 saturated heterocycles. The average molecular weight is 255 g/mol. The number of benzene rings is 2. The van der Waals surface area contributed by atoms with Gasteiger partial charge < -0.3 is 9.72 Å². The Balaban J connectivity index is 0.000000192. The van der Waals surface area contributed by atoms with Crippen LogP contribution in [0.25, 0.3) is 21.8 Å². The molecule has 1 heterocycles. The SMILES string of the molecule is CCOC(C)=O.c1ccc2c(c1)[nH]c1ccccc12. The van der Waals surface area contributed by atoms with Crippen LogP contribution in [-0.4, -0.2) is 17.6 Å². The number of para-hydroxylation sites is 2. The normalized spacial score (nSPS) is 10.0. The van der Waals surface area contributed by atoms with Crippen molar-refractivity contribution < 1.29 is 9.53 Å². The van der Waals surface area contributed by atoms with Crippen LogP contribution in [0.2, 0.25) is 0 Å². The second-order valence-corrected chi connectivity index (χ2v) is 4.14. The highest BCUT2D eigenvalue weighted by Crippen LogP contribution is 2.24. The van der Waals surface area contributed by atoms with Crippen LogP contribution < -0.4 is 0 Å². The maximum Gasteiger partial charge on any atom is 0.302 e. The van der Waals surface area contributed by atoms with Gasteiger partial charge in [0.15, 0.2) is 0 Å². The maximum absolute atomic E-state index is 9.82. The van der Waals surface area contributed by atoms with Crippen LogP contribution in [0.4, 0.5) is 0 Å². The molecule has 0 aliphatic heterocycles. The van der Waals surface area contributed by atoms with Gasteiger partial charge in [-0.15, -0.1) is 0 Å². The van der Waals surface area contributed by atoms with E-state index in [4.69, 9.17) is 0 Å². The quantitative estimate of drug-likeness (QED) is 0.670. The summed E-state index contributed by atoms with van der Waals surface area (Å²) in [6.07, 6.45) is 0. The van der Waals surface area contributed by atoms with Gasteiger partial charge in [-0.2, -0.15) is 0 Å². The number of aromatic nitrogens is 1. The number of esters is 1. The summed E-state index contributed by atoms with van der Waals surface area (Å²) in [7, 11) is 0. The third kappa shape index (κ3) is 3.13. The van der Waals surface area contributed by atoms with E-state index in [1.807, 2.05) is 0 Å². The standard InChI is InChI=1S/C12H9N.C4H8O2/c1-3-7-11-9(5-1)10-6-2-4-8-12(10)13-11;1-3-6-4(2)5/h1-8,13H;3H2,1-2H3. The van der Waals surface area contributed by atoms with E-state index in [0.717, 1.165) is 0 Å². The number of H-pyrrole nitrogens is 1. The lowest BCUT2D eigenvalue weighted by molar-refractivity contribution is -0.140. The second kappa shape index (κ2) is 6.05. The van der Waals surface area contributed by atoms with Gasteiger partial charge in [0.1, 0.15) is 0 Å². The van der Waals surface area contributed by atoms with Crippen LogP contribution in [0.3, 0.4) is 0 Å². The van der Waals surface area contributed by atoms with Crippen molar-refractivity contribution in [2.75, 3.05) is 6.61 Å². The number of rotatable bonds is 1. The Morgan fingerprint density at radius 1 is 1.00 bits per heavy atom. The molecular formula is C16H17NO2. The Kier molecular flexibility index (Phi) is 4.18. The predicted octanol–water partition coefficient (Wildman–Crippen LogP) is 3.89. The molecule has 0 atom stereocenters. The third-order valence-electron chi connectivity index (χ3n) is 2.76. The lowest BCUT2D eigenvalue weighted by Gasteiger charge is -1.89. The molecule has 0 aliphatic rings. The Hall–Kier alpha value is -2.29. The molecule has 0 saturated carbocycles. The minimum atomic E-state index is -0.211. The van der Waals surface area contributed by atoms with Crippen molar-refractivity contribution in [3.05, 3.63) is 48.5 Å². The molecule has 1 aromatic heterocycles. The van der Waals surface area contributed by atoms with Gasteiger partial charge in [0, 0.05) is 28.7 Å². The van der Waals surface area contributed by atoms with E-state index >= 15 is 0 Å².